The molecule has 1 aromatic heterocycles. The van der Waals surface area contributed by atoms with Crippen molar-refractivity contribution < 1.29 is 0 Å². The summed E-state index contributed by atoms with van der Waals surface area (Å²) in [4.78, 5) is 8.48. The Morgan fingerprint density at radius 1 is 1.11 bits per heavy atom. The van der Waals surface area contributed by atoms with Crippen molar-refractivity contribution in [2.75, 3.05) is 0 Å². The molecule has 2 aromatic rings. The average molecular weight is 241 g/mol. The van der Waals surface area contributed by atoms with E-state index in [1.54, 1.807) is 6.20 Å². The second kappa shape index (κ2) is 5.74. The summed E-state index contributed by atoms with van der Waals surface area (Å²) in [5, 5.41) is 3.47. The molecule has 1 N–H and O–H groups in total. The molecule has 0 unspecified atom stereocenters. The number of aryl methyl sites for hydroxylation is 2. The molecule has 1 heterocycles. The van der Waals surface area contributed by atoms with Crippen molar-refractivity contribution in [3.05, 3.63) is 59.2 Å². The third-order valence-corrected chi connectivity index (χ3v) is 3.00. The Morgan fingerprint density at radius 2 is 1.83 bits per heavy atom. The van der Waals surface area contributed by atoms with Crippen LogP contribution in [0.3, 0.4) is 0 Å². The van der Waals surface area contributed by atoms with Gasteiger partial charge in [0.1, 0.15) is 5.82 Å². The Balaban J connectivity index is 1.96. The van der Waals surface area contributed by atoms with Crippen molar-refractivity contribution in [2.24, 2.45) is 0 Å². The lowest BCUT2D eigenvalue weighted by Crippen LogP contribution is -2.19. The monoisotopic (exact) mass is 241 g/mol. The maximum Gasteiger partial charge on any atom is 0.125 e. The summed E-state index contributed by atoms with van der Waals surface area (Å²) in [5.74, 6) is 0.817. The van der Waals surface area contributed by atoms with Crippen molar-refractivity contribution in [3.63, 3.8) is 0 Å². The second-order valence-corrected chi connectivity index (χ2v) is 4.61. The summed E-state index contributed by atoms with van der Waals surface area (Å²) in [5.41, 5.74) is 3.62. The number of hydrogen-bond acceptors (Lipinski definition) is 3. The number of nitrogens with one attached hydrogen (secondary N) is 1. The molecule has 3 nitrogen and oxygen atoms in total. The predicted octanol–water partition coefficient (Wildman–Crippen LogP) is 2.94. The first-order chi connectivity index (χ1) is 8.65. The Hall–Kier alpha value is -1.74. The van der Waals surface area contributed by atoms with Crippen molar-refractivity contribution in [2.45, 2.75) is 33.4 Å². The van der Waals surface area contributed by atoms with E-state index < -0.39 is 0 Å². The van der Waals surface area contributed by atoms with E-state index in [1.165, 1.54) is 11.1 Å². The molecule has 0 fully saturated rings. The van der Waals surface area contributed by atoms with Crippen LogP contribution < -0.4 is 5.32 Å². The van der Waals surface area contributed by atoms with Crippen molar-refractivity contribution >= 4 is 0 Å². The molecule has 0 radical (unpaired) electrons. The van der Waals surface area contributed by atoms with Crippen LogP contribution in [0.1, 0.15) is 35.6 Å². The fraction of sp³-hybridized carbons (Fsp3) is 0.333. The minimum Gasteiger partial charge on any atom is -0.305 e. The summed E-state index contributed by atoms with van der Waals surface area (Å²) >= 11 is 0. The van der Waals surface area contributed by atoms with Crippen LogP contribution in [0.5, 0.6) is 0 Å². The molecule has 0 aliphatic rings. The Labute approximate surface area is 108 Å². The molecule has 0 spiro atoms. The zero-order valence-electron chi connectivity index (χ0n) is 11.1. The van der Waals surface area contributed by atoms with E-state index in [4.69, 9.17) is 0 Å². The number of aromatic nitrogens is 2. The predicted molar refractivity (Wildman–Crippen MR) is 73.2 cm³/mol. The highest BCUT2D eigenvalue weighted by Gasteiger charge is 2.04. The van der Waals surface area contributed by atoms with Gasteiger partial charge >= 0.3 is 0 Å². The maximum atomic E-state index is 4.38. The van der Waals surface area contributed by atoms with Gasteiger partial charge < -0.3 is 5.32 Å². The second-order valence-electron chi connectivity index (χ2n) is 4.61. The molecule has 0 bridgehead atoms. The van der Waals surface area contributed by atoms with Gasteiger partial charge in [-0.25, -0.2) is 9.97 Å². The highest BCUT2D eigenvalue weighted by atomic mass is 14.9. The summed E-state index contributed by atoms with van der Waals surface area (Å²) < 4.78 is 0. The zero-order chi connectivity index (χ0) is 13.0. The summed E-state index contributed by atoms with van der Waals surface area (Å²) in [6.45, 7) is 6.94. The normalized spacial score (nSPS) is 12.4. The molecule has 0 saturated heterocycles. The van der Waals surface area contributed by atoms with Gasteiger partial charge in [-0.1, -0.05) is 29.8 Å². The fourth-order valence-electron chi connectivity index (χ4n) is 1.83. The summed E-state index contributed by atoms with van der Waals surface area (Å²) in [7, 11) is 0. The van der Waals surface area contributed by atoms with Gasteiger partial charge in [0, 0.05) is 18.8 Å². The lowest BCUT2D eigenvalue weighted by molar-refractivity contribution is 0.566. The van der Waals surface area contributed by atoms with Crippen LogP contribution in [0.2, 0.25) is 0 Å². The highest BCUT2D eigenvalue weighted by Crippen LogP contribution is 2.13. The van der Waals surface area contributed by atoms with Gasteiger partial charge in [0.05, 0.1) is 5.69 Å². The fourth-order valence-corrected chi connectivity index (χ4v) is 1.83. The molecule has 0 saturated carbocycles. The molecule has 18 heavy (non-hydrogen) atoms. The summed E-state index contributed by atoms with van der Waals surface area (Å²) in [6, 6.07) is 10.9. The van der Waals surface area contributed by atoms with Gasteiger partial charge in [0.15, 0.2) is 0 Å². The lowest BCUT2D eigenvalue weighted by atomic mass is 10.1. The van der Waals surface area contributed by atoms with E-state index in [0.29, 0.717) is 6.04 Å². The van der Waals surface area contributed by atoms with E-state index in [-0.39, 0.29) is 0 Å². The van der Waals surface area contributed by atoms with E-state index in [2.05, 4.69) is 53.4 Å². The number of hydrogen-bond donors (Lipinski definition) is 1. The maximum absolute atomic E-state index is 4.38. The first-order valence-corrected chi connectivity index (χ1v) is 6.23. The van der Waals surface area contributed by atoms with Crippen LogP contribution in [-0.4, -0.2) is 9.97 Å². The largest absolute Gasteiger partial charge is 0.305 e. The van der Waals surface area contributed by atoms with Crippen molar-refractivity contribution in [1.82, 2.24) is 15.3 Å². The first kappa shape index (κ1) is 12.7. The van der Waals surface area contributed by atoms with Gasteiger partial charge in [0.2, 0.25) is 0 Å². The van der Waals surface area contributed by atoms with E-state index in [0.717, 1.165) is 18.1 Å². The zero-order valence-corrected chi connectivity index (χ0v) is 11.1. The molecule has 0 aliphatic heterocycles. The molecule has 0 amide bonds. The SMILES string of the molecule is Cc1ccc([C@@H](C)NCc2ccnc(C)n2)cc1. The molecule has 3 heteroatoms. The van der Waals surface area contributed by atoms with Gasteiger partial charge in [-0.2, -0.15) is 0 Å². The molecule has 0 aliphatic carbocycles. The van der Waals surface area contributed by atoms with Crippen LogP contribution in [0.15, 0.2) is 36.5 Å². The van der Waals surface area contributed by atoms with Gasteiger partial charge in [-0.3, -0.25) is 0 Å². The molecule has 2 rings (SSSR count). The Kier molecular flexibility index (Phi) is 4.05. The highest BCUT2D eigenvalue weighted by molar-refractivity contribution is 5.23. The van der Waals surface area contributed by atoms with Crippen LogP contribution in [0.25, 0.3) is 0 Å². The number of nitrogens with zero attached hydrogens (tertiary/aromatic N) is 2. The van der Waals surface area contributed by atoms with Crippen LogP contribution in [-0.2, 0) is 6.54 Å². The summed E-state index contributed by atoms with van der Waals surface area (Å²) in [6.07, 6.45) is 1.80. The Morgan fingerprint density at radius 3 is 2.50 bits per heavy atom. The van der Waals surface area contributed by atoms with E-state index in [1.807, 2.05) is 13.0 Å². The lowest BCUT2D eigenvalue weighted by Gasteiger charge is -2.14. The quantitative estimate of drug-likeness (QED) is 0.894. The third-order valence-electron chi connectivity index (χ3n) is 3.00. The minimum atomic E-state index is 0.320. The van der Waals surface area contributed by atoms with Crippen LogP contribution in [0.4, 0.5) is 0 Å². The van der Waals surface area contributed by atoms with Crippen LogP contribution >= 0.6 is 0 Å². The smallest absolute Gasteiger partial charge is 0.125 e. The molecule has 1 atom stereocenters. The first-order valence-electron chi connectivity index (χ1n) is 6.23. The topological polar surface area (TPSA) is 37.8 Å². The molecule has 1 aromatic carbocycles. The van der Waals surface area contributed by atoms with Gasteiger partial charge in [-0.15, -0.1) is 0 Å². The van der Waals surface area contributed by atoms with Crippen molar-refractivity contribution in [1.29, 1.82) is 0 Å². The molecule has 94 valence electrons. The van der Waals surface area contributed by atoms with E-state index in [9.17, 15) is 0 Å². The van der Waals surface area contributed by atoms with E-state index >= 15 is 0 Å². The number of rotatable bonds is 4. The van der Waals surface area contributed by atoms with Gasteiger partial charge in [0.25, 0.3) is 0 Å². The van der Waals surface area contributed by atoms with Crippen LogP contribution in [0, 0.1) is 13.8 Å². The average Bonchev–Trinajstić information content (AvgIpc) is 2.37. The number of benzene rings is 1. The molecular weight excluding hydrogens is 222 g/mol. The minimum absolute atomic E-state index is 0.320. The van der Waals surface area contributed by atoms with Crippen molar-refractivity contribution in [3.8, 4) is 0 Å². The van der Waals surface area contributed by atoms with Gasteiger partial charge in [-0.05, 0) is 32.4 Å². The molecular formula is C15H19N3. The Bertz CT molecular complexity index is 505. The standard InChI is InChI=1S/C15H19N3/c1-11-4-6-14(7-5-11)12(2)17-10-15-8-9-16-13(3)18-15/h4-9,12,17H,10H2,1-3H3/t12-/m1/s1. The third kappa shape index (κ3) is 3.37.